The van der Waals surface area contributed by atoms with Crippen LogP contribution in [-0.4, -0.2) is 38.6 Å². The predicted molar refractivity (Wildman–Crippen MR) is 89.6 cm³/mol. The number of hydrogen-bond donors (Lipinski definition) is 3. The summed E-state index contributed by atoms with van der Waals surface area (Å²) in [7, 11) is -4.18. The lowest BCUT2D eigenvalue weighted by Crippen LogP contribution is -2.28. The number of carbonyl (C=O) groups is 1. The molecule has 0 unspecified atom stereocenters. The number of fused-ring (bicyclic) bond motifs is 1. The quantitative estimate of drug-likeness (QED) is 0.486. The summed E-state index contributed by atoms with van der Waals surface area (Å²) in [5, 5.41) is 9.21. The van der Waals surface area contributed by atoms with Gasteiger partial charge in [0.2, 0.25) is 0 Å². The minimum Gasteiger partial charge on any atom is -0.465 e. The first-order valence-corrected chi connectivity index (χ1v) is 8.59. The molecule has 0 atom stereocenters. The first-order chi connectivity index (χ1) is 11.8. The molecule has 2 heterocycles. The SMILES string of the molecule is COC(=O)c1cc(N)cnc1S(=O)(=O)Nc1ccc2c(c1)B(O)OC2. The summed E-state index contributed by atoms with van der Waals surface area (Å²) in [6.45, 7) is 0.246. The smallest absolute Gasteiger partial charge is 0.465 e. The number of benzene rings is 1. The lowest BCUT2D eigenvalue weighted by Gasteiger charge is -2.12. The molecule has 3 rings (SSSR count). The number of nitrogen functional groups attached to an aromatic ring is 1. The molecule has 1 aliphatic rings. The van der Waals surface area contributed by atoms with E-state index in [-0.39, 0.29) is 23.5 Å². The average molecular weight is 363 g/mol. The van der Waals surface area contributed by atoms with E-state index in [1.807, 2.05) is 0 Å². The second-order valence-corrected chi connectivity index (χ2v) is 6.89. The molecule has 4 N–H and O–H groups in total. The normalized spacial score (nSPS) is 13.4. The van der Waals surface area contributed by atoms with E-state index < -0.39 is 28.1 Å². The van der Waals surface area contributed by atoms with E-state index in [2.05, 4.69) is 14.4 Å². The molecule has 25 heavy (non-hydrogen) atoms. The van der Waals surface area contributed by atoms with Crippen molar-refractivity contribution in [2.24, 2.45) is 0 Å². The van der Waals surface area contributed by atoms with Gasteiger partial charge in [-0.15, -0.1) is 0 Å². The first-order valence-electron chi connectivity index (χ1n) is 7.11. The summed E-state index contributed by atoms with van der Waals surface area (Å²) in [6.07, 6.45) is 1.13. The third-order valence-corrected chi connectivity index (χ3v) is 4.93. The van der Waals surface area contributed by atoms with Crippen LogP contribution < -0.4 is 15.9 Å². The summed E-state index contributed by atoms with van der Waals surface area (Å²) in [5.41, 5.74) is 6.83. The molecule has 0 bridgehead atoms. The molecular weight excluding hydrogens is 349 g/mol. The van der Waals surface area contributed by atoms with Crippen LogP contribution in [0.4, 0.5) is 11.4 Å². The zero-order valence-electron chi connectivity index (χ0n) is 13.1. The van der Waals surface area contributed by atoms with E-state index in [9.17, 15) is 18.2 Å². The minimum absolute atomic E-state index is 0.122. The molecule has 130 valence electrons. The van der Waals surface area contributed by atoms with Crippen LogP contribution in [0.1, 0.15) is 15.9 Å². The van der Waals surface area contributed by atoms with Crippen molar-refractivity contribution in [2.45, 2.75) is 11.6 Å². The fourth-order valence-electron chi connectivity index (χ4n) is 2.42. The number of nitrogens with two attached hydrogens (primary N) is 1. The van der Waals surface area contributed by atoms with E-state index in [0.717, 1.165) is 18.9 Å². The van der Waals surface area contributed by atoms with Crippen molar-refractivity contribution >= 4 is 39.9 Å². The lowest BCUT2D eigenvalue weighted by atomic mass is 9.79. The van der Waals surface area contributed by atoms with Gasteiger partial charge < -0.3 is 20.1 Å². The monoisotopic (exact) mass is 363 g/mol. The Bertz CT molecular complexity index is 950. The minimum atomic E-state index is -4.19. The summed E-state index contributed by atoms with van der Waals surface area (Å²) >= 11 is 0. The van der Waals surface area contributed by atoms with Crippen LogP contribution in [0.2, 0.25) is 0 Å². The van der Waals surface area contributed by atoms with Gasteiger partial charge in [-0.3, -0.25) is 4.72 Å². The Kier molecular flexibility index (Phi) is 4.37. The average Bonchev–Trinajstić information content (AvgIpc) is 2.94. The number of pyridine rings is 1. The van der Waals surface area contributed by atoms with Gasteiger partial charge in [0.05, 0.1) is 25.6 Å². The van der Waals surface area contributed by atoms with Crippen LogP contribution in [0.15, 0.2) is 35.5 Å². The molecule has 2 aromatic rings. The number of nitrogens with one attached hydrogen (secondary N) is 1. The van der Waals surface area contributed by atoms with E-state index in [1.165, 1.54) is 18.2 Å². The van der Waals surface area contributed by atoms with Crippen molar-refractivity contribution < 1.29 is 27.6 Å². The van der Waals surface area contributed by atoms with Crippen molar-refractivity contribution in [1.82, 2.24) is 4.98 Å². The van der Waals surface area contributed by atoms with Crippen LogP contribution in [-0.2, 0) is 26.0 Å². The molecule has 0 radical (unpaired) electrons. The standard InChI is InChI=1S/C14H14BN3O6S/c1-23-14(19)11-4-9(16)6-17-13(11)25(21,22)18-10-3-2-8-7-24-15(20)12(8)5-10/h2-6,18,20H,7,16H2,1H3. The highest BCUT2D eigenvalue weighted by Crippen LogP contribution is 2.21. The van der Waals surface area contributed by atoms with Crippen molar-refractivity contribution in [3.8, 4) is 0 Å². The zero-order chi connectivity index (χ0) is 18.2. The van der Waals surface area contributed by atoms with E-state index in [4.69, 9.17) is 10.4 Å². The lowest BCUT2D eigenvalue weighted by molar-refractivity contribution is 0.0595. The summed E-state index contributed by atoms with van der Waals surface area (Å²) in [6, 6.07) is 5.79. The third-order valence-electron chi connectivity index (χ3n) is 3.59. The number of nitrogens with zero attached hydrogens (tertiary/aromatic N) is 1. The highest BCUT2D eigenvalue weighted by Gasteiger charge is 2.29. The number of anilines is 2. The van der Waals surface area contributed by atoms with Gasteiger partial charge in [-0.25, -0.2) is 9.78 Å². The number of carbonyl (C=O) groups excluding carboxylic acids is 1. The largest absolute Gasteiger partial charge is 0.491 e. The Hall–Kier alpha value is -2.63. The number of sulfonamides is 1. The number of esters is 1. The van der Waals surface area contributed by atoms with Crippen molar-refractivity contribution in [3.63, 3.8) is 0 Å². The molecule has 0 saturated carbocycles. The van der Waals surface area contributed by atoms with Gasteiger partial charge in [-0.2, -0.15) is 8.42 Å². The van der Waals surface area contributed by atoms with Gasteiger partial charge in [-0.05, 0) is 29.2 Å². The molecular formula is C14H14BN3O6S. The zero-order valence-corrected chi connectivity index (χ0v) is 13.9. The summed E-state index contributed by atoms with van der Waals surface area (Å²) < 4.78 is 37.2. The Morgan fingerprint density at radius 1 is 1.44 bits per heavy atom. The highest BCUT2D eigenvalue weighted by molar-refractivity contribution is 7.92. The molecule has 0 fully saturated rings. The molecule has 0 spiro atoms. The summed E-state index contributed by atoms with van der Waals surface area (Å²) in [5.74, 6) is -0.877. The Morgan fingerprint density at radius 2 is 2.20 bits per heavy atom. The molecule has 1 aromatic heterocycles. The molecule has 1 aliphatic heterocycles. The number of ether oxygens (including phenoxy) is 1. The molecule has 1 aromatic carbocycles. The third kappa shape index (κ3) is 3.29. The van der Waals surface area contributed by atoms with Crippen LogP contribution in [0.25, 0.3) is 0 Å². The fraction of sp³-hybridized carbons (Fsp3) is 0.143. The number of rotatable bonds is 4. The molecule has 11 heteroatoms. The van der Waals surface area contributed by atoms with Crippen molar-refractivity contribution in [2.75, 3.05) is 17.6 Å². The molecule has 0 aliphatic carbocycles. The maximum Gasteiger partial charge on any atom is 0.491 e. The fourth-order valence-corrected chi connectivity index (χ4v) is 3.58. The second-order valence-electron chi connectivity index (χ2n) is 5.30. The topological polar surface area (TPSA) is 141 Å². The Balaban J connectivity index is 1.98. The van der Waals surface area contributed by atoms with Crippen LogP contribution in [0.3, 0.4) is 0 Å². The van der Waals surface area contributed by atoms with Gasteiger partial charge >= 0.3 is 13.1 Å². The van der Waals surface area contributed by atoms with E-state index >= 15 is 0 Å². The Labute approximate surface area is 144 Å². The van der Waals surface area contributed by atoms with E-state index in [1.54, 1.807) is 6.07 Å². The molecule has 9 nitrogen and oxygen atoms in total. The maximum absolute atomic E-state index is 12.6. The number of aromatic nitrogens is 1. The van der Waals surface area contributed by atoms with Crippen LogP contribution in [0, 0.1) is 0 Å². The number of hydrogen-bond acceptors (Lipinski definition) is 8. The van der Waals surface area contributed by atoms with E-state index in [0.29, 0.717) is 5.46 Å². The van der Waals surface area contributed by atoms with Gasteiger partial charge in [0.1, 0.15) is 5.56 Å². The summed E-state index contributed by atoms with van der Waals surface area (Å²) in [4.78, 5) is 15.6. The maximum atomic E-state index is 12.6. The Morgan fingerprint density at radius 3 is 2.92 bits per heavy atom. The second kappa shape index (κ2) is 6.35. The number of methoxy groups -OCH3 is 1. The predicted octanol–water partition coefficient (Wildman–Crippen LogP) is -0.531. The first kappa shape index (κ1) is 17.2. The van der Waals surface area contributed by atoms with Crippen LogP contribution >= 0.6 is 0 Å². The molecule has 0 saturated heterocycles. The highest BCUT2D eigenvalue weighted by atomic mass is 32.2. The van der Waals surface area contributed by atoms with Gasteiger partial charge in [-0.1, -0.05) is 6.07 Å². The van der Waals surface area contributed by atoms with Gasteiger partial charge in [0, 0.05) is 5.69 Å². The molecule has 0 amide bonds. The van der Waals surface area contributed by atoms with Gasteiger partial charge in [0.25, 0.3) is 10.0 Å². The van der Waals surface area contributed by atoms with Crippen molar-refractivity contribution in [1.29, 1.82) is 0 Å². The van der Waals surface area contributed by atoms with Crippen LogP contribution in [0.5, 0.6) is 0 Å². The van der Waals surface area contributed by atoms with Crippen molar-refractivity contribution in [3.05, 3.63) is 41.6 Å². The van der Waals surface area contributed by atoms with Gasteiger partial charge in [0.15, 0.2) is 5.03 Å².